The summed E-state index contributed by atoms with van der Waals surface area (Å²) in [6.45, 7) is 1.70. The highest BCUT2D eigenvalue weighted by Gasteiger charge is 2.22. The fourth-order valence-electron chi connectivity index (χ4n) is 1.26. The van der Waals surface area contributed by atoms with Gasteiger partial charge in [0, 0.05) is 4.88 Å². The van der Waals surface area contributed by atoms with Crippen molar-refractivity contribution < 1.29 is 5.11 Å². The van der Waals surface area contributed by atoms with Gasteiger partial charge in [0.2, 0.25) is 0 Å². The van der Waals surface area contributed by atoms with Crippen LogP contribution in [0.2, 0.25) is 5.15 Å². The number of aliphatic hydroxyl groups excluding tert-OH is 1. The molecule has 0 aliphatic heterocycles. The first kappa shape index (κ1) is 10.8. The Kier molecular flexibility index (Phi) is 2.68. The van der Waals surface area contributed by atoms with Crippen molar-refractivity contribution in [2.24, 2.45) is 5.73 Å². The normalized spacial score (nSPS) is 15.5. The molecular weight excluding hydrogens is 232 g/mol. The van der Waals surface area contributed by atoms with Crippen LogP contribution >= 0.6 is 22.9 Å². The summed E-state index contributed by atoms with van der Waals surface area (Å²) in [5, 5.41) is 9.63. The smallest absolute Gasteiger partial charge is 0.129 e. The second-order valence-corrected chi connectivity index (χ2v) is 5.17. The maximum Gasteiger partial charge on any atom is 0.129 e. The standard InChI is InChI=1S/C10H11ClN2OS/c1-10(12,5-14)8-4-6-7(15-8)2-3-9(11)13-6/h2-4,14H,5,12H2,1H3. The van der Waals surface area contributed by atoms with Crippen molar-refractivity contribution in [3.05, 3.63) is 28.2 Å². The molecule has 5 heteroatoms. The van der Waals surface area contributed by atoms with Crippen LogP contribution in [0.3, 0.4) is 0 Å². The minimum Gasteiger partial charge on any atom is -0.394 e. The number of aromatic nitrogens is 1. The first-order chi connectivity index (χ1) is 7.03. The van der Waals surface area contributed by atoms with Crippen molar-refractivity contribution in [1.82, 2.24) is 4.98 Å². The number of halogens is 1. The van der Waals surface area contributed by atoms with Crippen LogP contribution in [0.25, 0.3) is 10.2 Å². The summed E-state index contributed by atoms with van der Waals surface area (Å²) in [6, 6.07) is 5.53. The number of thiophene rings is 1. The zero-order chi connectivity index (χ0) is 11.1. The highest BCUT2D eigenvalue weighted by Crippen LogP contribution is 2.31. The molecule has 80 valence electrons. The third kappa shape index (κ3) is 1.99. The lowest BCUT2D eigenvalue weighted by molar-refractivity contribution is 0.212. The van der Waals surface area contributed by atoms with Crippen LogP contribution in [-0.2, 0) is 5.54 Å². The maximum atomic E-state index is 9.16. The van der Waals surface area contributed by atoms with Crippen LogP contribution in [0.15, 0.2) is 18.2 Å². The van der Waals surface area contributed by atoms with Gasteiger partial charge in [-0.25, -0.2) is 4.98 Å². The van der Waals surface area contributed by atoms with Gasteiger partial charge in [-0.3, -0.25) is 0 Å². The average molecular weight is 243 g/mol. The van der Waals surface area contributed by atoms with Gasteiger partial charge in [-0.05, 0) is 25.1 Å². The van der Waals surface area contributed by atoms with Crippen molar-refractivity contribution in [1.29, 1.82) is 0 Å². The van der Waals surface area contributed by atoms with Gasteiger partial charge in [0.05, 0.1) is 22.4 Å². The van der Waals surface area contributed by atoms with Gasteiger partial charge in [0.25, 0.3) is 0 Å². The van der Waals surface area contributed by atoms with Crippen LogP contribution in [0.5, 0.6) is 0 Å². The molecule has 0 aliphatic rings. The predicted molar refractivity (Wildman–Crippen MR) is 63.3 cm³/mol. The van der Waals surface area contributed by atoms with Gasteiger partial charge in [0.1, 0.15) is 5.15 Å². The third-order valence-electron chi connectivity index (χ3n) is 2.23. The molecular formula is C10H11ClN2OS. The SMILES string of the molecule is CC(N)(CO)c1cc2nc(Cl)ccc2s1. The highest BCUT2D eigenvalue weighted by atomic mass is 35.5. The molecule has 0 saturated carbocycles. The molecule has 3 N–H and O–H groups in total. The minimum atomic E-state index is -0.710. The maximum absolute atomic E-state index is 9.16. The van der Waals surface area contributed by atoms with E-state index in [4.69, 9.17) is 22.4 Å². The van der Waals surface area contributed by atoms with E-state index in [1.54, 1.807) is 13.0 Å². The second-order valence-electron chi connectivity index (χ2n) is 3.70. The molecule has 0 fully saturated rings. The van der Waals surface area contributed by atoms with Gasteiger partial charge in [0.15, 0.2) is 0 Å². The van der Waals surface area contributed by atoms with Crippen LogP contribution < -0.4 is 5.73 Å². The number of pyridine rings is 1. The Morgan fingerprint density at radius 2 is 2.33 bits per heavy atom. The molecule has 0 radical (unpaired) electrons. The Morgan fingerprint density at radius 1 is 1.60 bits per heavy atom. The molecule has 0 aliphatic carbocycles. The molecule has 2 aromatic rings. The molecule has 0 amide bonds. The lowest BCUT2D eigenvalue weighted by Gasteiger charge is -2.19. The zero-order valence-electron chi connectivity index (χ0n) is 8.20. The van der Waals surface area contributed by atoms with E-state index in [2.05, 4.69) is 4.98 Å². The molecule has 2 rings (SSSR count). The van der Waals surface area contributed by atoms with E-state index in [-0.39, 0.29) is 6.61 Å². The number of aliphatic hydroxyl groups is 1. The highest BCUT2D eigenvalue weighted by molar-refractivity contribution is 7.19. The van der Waals surface area contributed by atoms with Gasteiger partial charge in [-0.2, -0.15) is 0 Å². The Morgan fingerprint density at radius 3 is 3.00 bits per heavy atom. The Balaban J connectivity index is 2.56. The molecule has 0 bridgehead atoms. The number of nitrogens with zero attached hydrogens (tertiary/aromatic N) is 1. The van der Waals surface area contributed by atoms with E-state index in [1.807, 2.05) is 12.1 Å². The van der Waals surface area contributed by atoms with Crippen LogP contribution in [0.4, 0.5) is 0 Å². The zero-order valence-corrected chi connectivity index (χ0v) is 9.77. The van der Waals surface area contributed by atoms with Gasteiger partial charge in [-0.15, -0.1) is 11.3 Å². The van der Waals surface area contributed by atoms with Crippen molar-refractivity contribution in [2.75, 3.05) is 6.61 Å². The summed E-state index contributed by atoms with van der Waals surface area (Å²) in [7, 11) is 0. The average Bonchev–Trinajstić information content (AvgIpc) is 2.61. The quantitative estimate of drug-likeness (QED) is 0.793. The molecule has 2 heterocycles. The van der Waals surface area contributed by atoms with Crippen molar-refractivity contribution in [2.45, 2.75) is 12.5 Å². The number of rotatable bonds is 2. The van der Waals surface area contributed by atoms with Gasteiger partial charge in [-0.1, -0.05) is 11.6 Å². The fourth-order valence-corrected chi connectivity index (χ4v) is 2.46. The van der Waals surface area contributed by atoms with E-state index in [9.17, 15) is 0 Å². The number of fused-ring (bicyclic) bond motifs is 1. The molecule has 1 atom stereocenters. The van der Waals surface area contributed by atoms with Crippen molar-refractivity contribution in [3.63, 3.8) is 0 Å². The summed E-state index contributed by atoms with van der Waals surface area (Å²) in [5.74, 6) is 0. The van der Waals surface area contributed by atoms with E-state index in [0.29, 0.717) is 5.15 Å². The molecule has 15 heavy (non-hydrogen) atoms. The largest absolute Gasteiger partial charge is 0.394 e. The van der Waals surface area contributed by atoms with E-state index < -0.39 is 5.54 Å². The lowest BCUT2D eigenvalue weighted by atomic mass is 10.0. The second kappa shape index (κ2) is 3.72. The summed E-state index contributed by atoms with van der Waals surface area (Å²) < 4.78 is 1.03. The van der Waals surface area contributed by atoms with E-state index in [0.717, 1.165) is 15.1 Å². The number of hydrogen-bond acceptors (Lipinski definition) is 4. The molecule has 1 unspecified atom stereocenters. The minimum absolute atomic E-state index is 0.0897. The topological polar surface area (TPSA) is 59.1 Å². The van der Waals surface area contributed by atoms with E-state index in [1.165, 1.54) is 11.3 Å². The van der Waals surface area contributed by atoms with Gasteiger partial charge >= 0.3 is 0 Å². The van der Waals surface area contributed by atoms with Gasteiger partial charge < -0.3 is 10.8 Å². The Labute approximate surface area is 96.5 Å². The van der Waals surface area contributed by atoms with Crippen molar-refractivity contribution in [3.8, 4) is 0 Å². The number of hydrogen-bond donors (Lipinski definition) is 2. The lowest BCUT2D eigenvalue weighted by Crippen LogP contribution is -2.35. The number of nitrogens with two attached hydrogens (primary N) is 1. The Bertz CT molecular complexity index is 495. The summed E-state index contributed by atoms with van der Waals surface area (Å²) >= 11 is 7.32. The molecule has 0 spiro atoms. The predicted octanol–water partition coefficient (Wildman–Crippen LogP) is 2.12. The van der Waals surface area contributed by atoms with E-state index >= 15 is 0 Å². The van der Waals surface area contributed by atoms with Crippen molar-refractivity contribution >= 4 is 33.2 Å². The molecule has 3 nitrogen and oxygen atoms in total. The van der Waals surface area contributed by atoms with Crippen LogP contribution in [0.1, 0.15) is 11.8 Å². The first-order valence-corrected chi connectivity index (χ1v) is 5.69. The summed E-state index contributed by atoms with van der Waals surface area (Å²) in [4.78, 5) is 5.09. The first-order valence-electron chi connectivity index (χ1n) is 4.49. The summed E-state index contributed by atoms with van der Waals surface area (Å²) in [5.41, 5.74) is 6.05. The Hall–Kier alpha value is -0.680. The van der Waals surface area contributed by atoms with Crippen LogP contribution in [0, 0.1) is 0 Å². The third-order valence-corrected chi connectivity index (χ3v) is 3.81. The molecule has 2 aromatic heterocycles. The summed E-state index contributed by atoms with van der Waals surface area (Å²) in [6.07, 6.45) is 0. The van der Waals surface area contributed by atoms with Crippen LogP contribution in [-0.4, -0.2) is 16.7 Å². The molecule has 0 saturated heterocycles. The molecule has 0 aromatic carbocycles. The monoisotopic (exact) mass is 242 g/mol. The fraction of sp³-hybridized carbons (Fsp3) is 0.300.